The van der Waals surface area contributed by atoms with Crippen LogP contribution in [-0.2, 0) is 23.6 Å². The molecule has 0 aliphatic heterocycles. The average molecular weight is 483 g/mol. The normalized spacial score (nSPS) is 11.4. The number of anilines is 1. The number of amides is 1. The Morgan fingerprint density at radius 1 is 1.18 bits per heavy atom. The maximum absolute atomic E-state index is 13.1. The summed E-state index contributed by atoms with van der Waals surface area (Å²) in [5.41, 5.74) is 2.69. The summed E-state index contributed by atoms with van der Waals surface area (Å²) in [5, 5.41) is 9.58. The van der Waals surface area contributed by atoms with Crippen molar-refractivity contribution in [1.29, 1.82) is 0 Å². The zero-order valence-electron chi connectivity index (χ0n) is 18.3. The van der Waals surface area contributed by atoms with Crippen LogP contribution in [0.5, 0.6) is 0 Å². The van der Waals surface area contributed by atoms with Crippen LogP contribution in [0.3, 0.4) is 0 Å². The number of carbonyl (C=O) groups excluding carboxylic acids is 1. The van der Waals surface area contributed by atoms with E-state index in [1.807, 2.05) is 24.4 Å². The first-order chi connectivity index (χ1) is 15.8. The van der Waals surface area contributed by atoms with Gasteiger partial charge in [0.05, 0.1) is 23.3 Å². The largest absolute Gasteiger partial charge is 0.346 e. The third-order valence-corrected chi connectivity index (χ3v) is 7.72. The number of rotatable bonds is 7. The fourth-order valence-corrected chi connectivity index (χ4v) is 5.27. The molecule has 0 saturated carbocycles. The minimum Gasteiger partial charge on any atom is -0.346 e. The first-order valence-electron chi connectivity index (χ1n) is 9.98. The summed E-state index contributed by atoms with van der Waals surface area (Å²) in [7, 11) is -0.878. The summed E-state index contributed by atoms with van der Waals surface area (Å²) in [6, 6.07) is 10.3. The number of sulfonamides is 1. The van der Waals surface area contributed by atoms with E-state index in [0.717, 1.165) is 20.4 Å². The zero-order valence-corrected chi connectivity index (χ0v) is 19.9. The highest BCUT2D eigenvalue weighted by Crippen LogP contribution is 2.26. The number of thiazole rings is 1. The molecule has 170 valence electrons. The summed E-state index contributed by atoms with van der Waals surface area (Å²) in [6.45, 7) is 2.07. The number of carbonyl (C=O) groups is 1. The molecule has 9 nitrogen and oxygen atoms in total. The number of aromatic nitrogens is 4. The van der Waals surface area contributed by atoms with Crippen molar-refractivity contribution in [2.45, 2.75) is 18.4 Å². The van der Waals surface area contributed by atoms with E-state index < -0.39 is 15.9 Å². The molecule has 0 unspecified atom stereocenters. The predicted octanol–water partition coefficient (Wildman–Crippen LogP) is 3.00. The van der Waals surface area contributed by atoms with Crippen molar-refractivity contribution in [1.82, 2.24) is 25.1 Å². The Morgan fingerprint density at radius 3 is 2.64 bits per heavy atom. The SMILES string of the molecule is Cc1ccc(S(=O)(=O)N(C)c2c(C(=O)NCc3csc(-c4cccnc4)n3)cnn2C)cc1. The van der Waals surface area contributed by atoms with Crippen molar-refractivity contribution >= 4 is 33.1 Å². The molecule has 4 aromatic rings. The van der Waals surface area contributed by atoms with E-state index in [9.17, 15) is 13.2 Å². The van der Waals surface area contributed by atoms with Crippen LogP contribution in [0.15, 0.2) is 65.3 Å². The molecule has 0 aliphatic rings. The quantitative estimate of drug-likeness (QED) is 0.434. The van der Waals surface area contributed by atoms with Crippen molar-refractivity contribution in [3.63, 3.8) is 0 Å². The Kier molecular flexibility index (Phi) is 6.25. The lowest BCUT2D eigenvalue weighted by molar-refractivity contribution is 0.0951. The molecule has 0 radical (unpaired) electrons. The highest BCUT2D eigenvalue weighted by atomic mass is 32.2. The lowest BCUT2D eigenvalue weighted by atomic mass is 10.2. The fourth-order valence-electron chi connectivity index (χ4n) is 3.22. The molecule has 0 saturated heterocycles. The molecule has 33 heavy (non-hydrogen) atoms. The summed E-state index contributed by atoms with van der Waals surface area (Å²) in [4.78, 5) is 21.7. The summed E-state index contributed by atoms with van der Waals surface area (Å²) in [5.74, 6) is -0.276. The number of hydrogen-bond acceptors (Lipinski definition) is 7. The minimum atomic E-state index is -3.88. The van der Waals surface area contributed by atoms with E-state index in [2.05, 4.69) is 20.4 Å². The molecule has 0 fully saturated rings. The van der Waals surface area contributed by atoms with Gasteiger partial charge in [0.25, 0.3) is 15.9 Å². The number of nitrogens with zero attached hydrogens (tertiary/aromatic N) is 5. The number of hydrogen-bond donors (Lipinski definition) is 1. The maximum Gasteiger partial charge on any atom is 0.265 e. The van der Waals surface area contributed by atoms with E-state index in [0.29, 0.717) is 5.69 Å². The van der Waals surface area contributed by atoms with Gasteiger partial charge < -0.3 is 5.32 Å². The van der Waals surface area contributed by atoms with E-state index in [4.69, 9.17) is 0 Å². The van der Waals surface area contributed by atoms with Crippen LogP contribution in [0.4, 0.5) is 5.82 Å². The molecule has 3 heterocycles. The van der Waals surface area contributed by atoms with Gasteiger partial charge in [0.1, 0.15) is 10.6 Å². The van der Waals surface area contributed by atoms with Gasteiger partial charge in [0.15, 0.2) is 5.82 Å². The van der Waals surface area contributed by atoms with Gasteiger partial charge >= 0.3 is 0 Å². The molecule has 4 rings (SSSR count). The molecule has 1 aromatic carbocycles. The number of pyridine rings is 1. The van der Waals surface area contributed by atoms with Gasteiger partial charge in [0.2, 0.25) is 0 Å². The van der Waals surface area contributed by atoms with Crippen LogP contribution >= 0.6 is 11.3 Å². The molecular formula is C22H22N6O3S2. The molecule has 11 heteroatoms. The van der Waals surface area contributed by atoms with E-state index in [1.54, 1.807) is 43.7 Å². The molecule has 1 amide bonds. The number of aryl methyl sites for hydroxylation is 2. The Bertz CT molecular complexity index is 1380. The molecule has 0 bridgehead atoms. The molecule has 0 aliphatic carbocycles. The van der Waals surface area contributed by atoms with E-state index in [-0.39, 0.29) is 22.8 Å². The van der Waals surface area contributed by atoms with Crippen molar-refractivity contribution in [3.05, 3.63) is 77.2 Å². The number of nitrogens with one attached hydrogen (secondary N) is 1. The van der Waals surface area contributed by atoms with Crippen molar-refractivity contribution < 1.29 is 13.2 Å². The summed E-state index contributed by atoms with van der Waals surface area (Å²) >= 11 is 1.46. The predicted molar refractivity (Wildman–Crippen MR) is 126 cm³/mol. The second-order valence-corrected chi connectivity index (χ2v) is 10.2. The fraction of sp³-hybridized carbons (Fsp3) is 0.182. The van der Waals surface area contributed by atoms with Gasteiger partial charge in [-0.3, -0.25) is 18.8 Å². The van der Waals surface area contributed by atoms with Gasteiger partial charge in [-0.2, -0.15) is 5.10 Å². The Labute approximate surface area is 195 Å². The van der Waals surface area contributed by atoms with Crippen LogP contribution in [-0.4, -0.2) is 41.1 Å². The lowest BCUT2D eigenvalue weighted by Crippen LogP contribution is -2.31. The summed E-state index contributed by atoms with van der Waals surface area (Å²) < 4.78 is 28.7. The lowest BCUT2D eigenvalue weighted by Gasteiger charge is -2.21. The maximum atomic E-state index is 13.1. The molecule has 0 spiro atoms. The average Bonchev–Trinajstić information content (AvgIpc) is 3.44. The van der Waals surface area contributed by atoms with Crippen molar-refractivity contribution in [2.75, 3.05) is 11.4 Å². The second-order valence-electron chi connectivity index (χ2n) is 7.36. The van der Waals surface area contributed by atoms with Crippen LogP contribution in [0.2, 0.25) is 0 Å². The van der Waals surface area contributed by atoms with Gasteiger partial charge in [-0.25, -0.2) is 13.4 Å². The standard InChI is InChI=1S/C22H22N6O3S2/c1-15-6-8-18(9-7-15)33(30,31)28(3)22-19(13-25-27(22)2)20(29)24-12-17-14-32-21(26-17)16-5-4-10-23-11-16/h4-11,13-14H,12H2,1-3H3,(H,24,29). The van der Waals surface area contributed by atoms with E-state index >= 15 is 0 Å². The van der Waals surface area contributed by atoms with Crippen LogP contribution in [0.1, 0.15) is 21.6 Å². The molecule has 0 atom stereocenters. The molecule has 3 aromatic heterocycles. The van der Waals surface area contributed by atoms with Crippen LogP contribution in [0, 0.1) is 6.92 Å². The van der Waals surface area contributed by atoms with Gasteiger partial charge in [-0.1, -0.05) is 17.7 Å². The van der Waals surface area contributed by atoms with E-state index in [1.165, 1.54) is 29.3 Å². The first kappa shape index (κ1) is 22.6. The second kappa shape index (κ2) is 9.12. The minimum absolute atomic E-state index is 0.133. The molecular weight excluding hydrogens is 460 g/mol. The van der Waals surface area contributed by atoms with Crippen molar-refractivity contribution in [2.24, 2.45) is 7.05 Å². The van der Waals surface area contributed by atoms with Gasteiger partial charge in [0, 0.05) is 37.4 Å². The van der Waals surface area contributed by atoms with Gasteiger partial charge in [-0.05, 0) is 31.2 Å². The Balaban J connectivity index is 1.52. The third-order valence-electron chi connectivity index (χ3n) is 5.02. The highest BCUT2D eigenvalue weighted by molar-refractivity contribution is 7.92. The summed E-state index contributed by atoms with van der Waals surface area (Å²) in [6.07, 6.45) is 4.78. The topological polar surface area (TPSA) is 110 Å². The van der Waals surface area contributed by atoms with Crippen molar-refractivity contribution in [3.8, 4) is 10.6 Å². The van der Waals surface area contributed by atoms with Gasteiger partial charge in [-0.15, -0.1) is 11.3 Å². The first-order valence-corrected chi connectivity index (χ1v) is 12.3. The Hall–Kier alpha value is -3.57. The zero-order chi connectivity index (χ0) is 23.6. The third kappa shape index (κ3) is 4.64. The smallest absolute Gasteiger partial charge is 0.265 e. The highest BCUT2D eigenvalue weighted by Gasteiger charge is 2.28. The number of benzene rings is 1. The Morgan fingerprint density at radius 2 is 1.94 bits per heavy atom. The molecule has 1 N–H and O–H groups in total. The van der Waals surface area contributed by atoms with Crippen LogP contribution in [0.25, 0.3) is 10.6 Å². The monoisotopic (exact) mass is 482 g/mol. The van der Waals surface area contributed by atoms with Crippen LogP contribution < -0.4 is 9.62 Å².